The first kappa shape index (κ1) is 16.2. The summed E-state index contributed by atoms with van der Waals surface area (Å²) in [6, 6.07) is 8.29. The molecule has 0 unspecified atom stereocenters. The van der Waals surface area contributed by atoms with Gasteiger partial charge in [0.15, 0.2) is 5.82 Å². The van der Waals surface area contributed by atoms with Crippen molar-refractivity contribution >= 4 is 11.6 Å². The molecule has 7 heteroatoms. The monoisotopic (exact) mass is 361 g/mol. The zero-order valence-corrected chi connectivity index (χ0v) is 15.5. The van der Waals surface area contributed by atoms with E-state index in [2.05, 4.69) is 37.0 Å². The Labute approximate surface area is 158 Å². The van der Waals surface area contributed by atoms with E-state index in [0.717, 1.165) is 49.2 Å². The summed E-state index contributed by atoms with van der Waals surface area (Å²) >= 11 is 0. The van der Waals surface area contributed by atoms with E-state index in [1.54, 1.807) is 6.33 Å². The summed E-state index contributed by atoms with van der Waals surface area (Å²) in [5, 5.41) is 4.36. The van der Waals surface area contributed by atoms with E-state index in [9.17, 15) is 0 Å². The van der Waals surface area contributed by atoms with Gasteiger partial charge in [-0.3, -0.25) is 0 Å². The molecule has 2 fully saturated rings. The number of piperazine rings is 1. The molecule has 1 saturated carbocycles. The van der Waals surface area contributed by atoms with Gasteiger partial charge in [-0.15, -0.1) is 0 Å². The molecule has 1 aliphatic heterocycles. The Morgan fingerprint density at radius 3 is 2.37 bits per heavy atom. The molecule has 7 nitrogen and oxygen atoms in total. The SMILES string of the molecule is Cc1cnn(-c2cccc(N3CCN(c4cc(C5CC5)ncn4)CC3)n2)c1. The van der Waals surface area contributed by atoms with Gasteiger partial charge in [0.1, 0.15) is 18.0 Å². The Balaban J connectivity index is 1.28. The maximum atomic E-state index is 4.81. The Kier molecular flexibility index (Phi) is 3.99. The van der Waals surface area contributed by atoms with Crippen LogP contribution in [0.2, 0.25) is 0 Å². The van der Waals surface area contributed by atoms with Gasteiger partial charge in [0.05, 0.1) is 6.20 Å². The highest BCUT2D eigenvalue weighted by Crippen LogP contribution is 2.39. The molecule has 0 aromatic carbocycles. The van der Waals surface area contributed by atoms with Gasteiger partial charge in [0.2, 0.25) is 0 Å². The summed E-state index contributed by atoms with van der Waals surface area (Å²) in [5.41, 5.74) is 2.33. The average molecular weight is 361 g/mol. The second kappa shape index (κ2) is 6.64. The fourth-order valence-electron chi connectivity index (χ4n) is 3.56. The van der Waals surface area contributed by atoms with Crippen molar-refractivity contribution in [1.29, 1.82) is 0 Å². The molecule has 0 bridgehead atoms. The van der Waals surface area contributed by atoms with Crippen LogP contribution in [0.1, 0.15) is 30.0 Å². The molecule has 4 heterocycles. The Morgan fingerprint density at radius 2 is 1.67 bits per heavy atom. The Bertz CT molecular complexity index is 939. The highest BCUT2D eigenvalue weighted by Gasteiger charge is 2.26. The smallest absolute Gasteiger partial charge is 0.155 e. The molecule has 1 saturated heterocycles. The van der Waals surface area contributed by atoms with Crippen molar-refractivity contribution in [2.45, 2.75) is 25.7 Å². The highest BCUT2D eigenvalue weighted by molar-refractivity contribution is 5.47. The Hall–Kier alpha value is -2.96. The molecule has 0 N–H and O–H groups in total. The van der Waals surface area contributed by atoms with Crippen molar-refractivity contribution in [2.24, 2.45) is 0 Å². The van der Waals surface area contributed by atoms with Gasteiger partial charge in [0.25, 0.3) is 0 Å². The van der Waals surface area contributed by atoms with E-state index in [1.807, 2.05) is 36.1 Å². The van der Waals surface area contributed by atoms with Crippen molar-refractivity contribution in [3.8, 4) is 5.82 Å². The average Bonchev–Trinajstić information content (AvgIpc) is 3.49. The lowest BCUT2D eigenvalue weighted by molar-refractivity contribution is 0.639. The first-order valence-corrected chi connectivity index (χ1v) is 9.57. The quantitative estimate of drug-likeness (QED) is 0.712. The van der Waals surface area contributed by atoms with E-state index < -0.39 is 0 Å². The van der Waals surface area contributed by atoms with Crippen molar-refractivity contribution in [2.75, 3.05) is 36.0 Å². The summed E-state index contributed by atoms with van der Waals surface area (Å²) in [4.78, 5) is 18.4. The second-order valence-corrected chi connectivity index (χ2v) is 7.37. The molecule has 2 aliphatic rings. The van der Waals surface area contributed by atoms with Crippen LogP contribution in [0.25, 0.3) is 5.82 Å². The van der Waals surface area contributed by atoms with Gasteiger partial charge >= 0.3 is 0 Å². The van der Waals surface area contributed by atoms with E-state index in [4.69, 9.17) is 4.98 Å². The number of rotatable bonds is 4. The van der Waals surface area contributed by atoms with Gasteiger partial charge in [-0.05, 0) is 37.5 Å². The topological polar surface area (TPSA) is 63.0 Å². The zero-order chi connectivity index (χ0) is 18.2. The summed E-state index contributed by atoms with van der Waals surface area (Å²) in [5.74, 6) is 3.57. The Morgan fingerprint density at radius 1 is 0.926 bits per heavy atom. The second-order valence-electron chi connectivity index (χ2n) is 7.37. The van der Waals surface area contributed by atoms with Crippen LogP contribution >= 0.6 is 0 Å². The molecule has 0 amide bonds. The fourth-order valence-corrected chi connectivity index (χ4v) is 3.56. The number of aryl methyl sites for hydroxylation is 1. The number of aromatic nitrogens is 5. The molecule has 5 rings (SSSR count). The van der Waals surface area contributed by atoms with Crippen molar-refractivity contribution in [3.05, 3.63) is 54.2 Å². The lowest BCUT2D eigenvalue weighted by Gasteiger charge is -2.36. The van der Waals surface area contributed by atoms with Crippen molar-refractivity contribution < 1.29 is 0 Å². The summed E-state index contributed by atoms with van der Waals surface area (Å²) in [6.45, 7) is 5.77. The summed E-state index contributed by atoms with van der Waals surface area (Å²) in [7, 11) is 0. The van der Waals surface area contributed by atoms with E-state index in [-0.39, 0.29) is 0 Å². The maximum absolute atomic E-state index is 4.81. The lowest BCUT2D eigenvalue weighted by Crippen LogP contribution is -2.47. The predicted octanol–water partition coefficient (Wildman–Crippen LogP) is 2.57. The first-order valence-electron chi connectivity index (χ1n) is 9.57. The van der Waals surface area contributed by atoms with Gasteiger partial charge in [-0.25, -0.2) is 19.6 Å². The molecule has 3 aromatic heterocycles. The third-order valence-corrected chi connectivity index (χ3v) is 5.26. The van der Waals surface area contributed by atoms with Crippen LogP contribution in [0.5, 0.6) is 0 Å². The number of pyridine rings is 1. The molecule has 27 heavy (non-hydrogen) atoms. The largest absolute Gasteiger partial charge is 0.353 e. The lowest BCUT2D eigenvalue weighted by atomic mass is 10.2. The minimum atomic E-state index is 0.658. The van der Waals surface area contributed by atoms with Crippen LogP contribution in [0.4, 0.5) is 11.6 Å². The van der Waals surface area contributed by atoms with Gasteiger partial charge < -0.3 is 9.80 Å². The molecule has 0 spiro atoms. The van der Waals surface area contributed by atoms with Gasteiger partial charge in [-0.1, -0.05) is 6.07 Å². The van der Waals surface area contributed by atoms with Crippen LogP contribution in [0, 0.1) is 6.92 Å². The molecule has 138 valence electrons. The standard InChI is InChI=1S/C20H23N7/c1-15-12-23-27(13-15)19-4-2-3-18(24-19)25-7-9-26(10-8-25)20-11-17(16-5-6-16)21-14-22-20/h2-4,11-14,16H,5-10H2,1H3. The number of hydrogen-bond donors (Lipinski definition) is 0. The van der Waals surface area contributed by atoms with Gasteiger partial charge in [0, 0.05) is 50.1 Å². The zero-order valence-electron chi connectivity index (χ0n) is 15.5. The number of anilines is 2. The van der Waals surface area contributed by atoms with Crippen LogP contribution in [0.3, 0.4) is 0 Å². The number of nitrogens with zero attached hydrogens (tertiary/aromatic N) is 7. The molecule has 0 radical (unpaired) electrons. The fraction of sp³-hybridized carbons (Fsp3) is 0.400. The minimum absolute atomic E-state index is 0.658. The number of hydrogen-bond acceptors (Lipinski definition) is 6. The molecular weight excluding hydrogens is 338 g/mol. The minimum Gasteiger partial charge on any atom is -0.353 e. The summed E-state index contributed by atoms with van der Waals surface area (Å²) < 4.78 is 1.83. The predicted molar refractivity (Wildman–Crippen MR) is 105 cm³/mol. The summed E-state index contributed by atoms with van der Waals surface area (Å²) in [6.07, 6.45) is 8.10. The van der Waals surface area contributed by atoms with Gasteiger partial charge in [-0.2, -0.15) is 5.10 Å². The van der Waals surface area contributed by atoms with Crippen LogP contribution in [-0.4, -0.2) is 50.9 Å². The van der Waals surface area contributed by atoms with Crippen LogP contribution < -0.4 is 9.80 Å². The third kappa shape index (κ3) is 3.37. The van der Waals surface area contributed by atoms with Crippen molar-refractivity contribution in [3.63, 3.8) is 0 Å². The van der Waals surface area contributed by atoms with Crippen LogP contribution in [0.15, 0.2) is 43.0 Å². The molecule has 3 aromatic rings. The van der Waals surface area contributed by atoms with Crippen LogP contribution in [-0.2, 0) is 0 Å². The molecular formula is C20H23N7. The molecule has 0 atom stereocenters. The van der Waals surface area contributed by atoms with E-state index in [0.29, 0.717) is 5.92 Å². The molecule has 1 aliphatic carbocycles. The van der Waals surface area contributed by atoms with E-state index in [1.165, 1.54) is 18.5 Å². The normalized spacial score (nSPS) is 17.4. The van der Waals surface area contributed by atoms with E-state index >= 15 is 0 Å². The first-order chi connectivity index (χ1) is 13.3. The van der Waals surface area contributed by atoms with Crippen molar-refractivity contribution in [1.82, 2.24) is 24.7 Å². The maximum Gasteiger partial charge on any atom is 0.155 e. The third-order valence-electron chi connectivity index (χ3n) is 5.26. The highest BCUT2D eigenvalue weighted by atomic mass is 15.3.